The van der Waals surface area contributed by atoms with E-state index in [1.807, 2.05) is 6.07 Å². The first kappa shape index (κ1) is 26.8. The number of hydrogen-bond acceptors (Lipinski definition) is 8. The fourth-order valence-corrected chi connectivity index (χ4v) is 5.11. The highest BCUT2D eigenvalue weighted by atomic mass is 32.2. The maximum absolute atomic E-state index is 12.2. The Morgan fingerprint density at radius 3 is 2.03 bits per heavy atom. The van der Waals surface area contributed by atoms with Crippen molar-refractivity contribution in [2.45, 2.75) is 33.0 Å². The van der Waals surface area contributed by atoms with Gasteiger partial charge in [-0.1, -0.05) is 62.4 Å². The van der Waals surface area contributed by atoms with E-state index in [0.717, 1.165) is 5.56 Å². The van der Waals surface area contributed by atoms with Gasteiger partial charge in [0.2, 0.25) is 0 Å². The van der Waals surface area contributed by atoms with Crippen LogP contribution in [0.2, 0.25) is 0 Å². The van der Waals surface area contributed by atoms with Gasteiger partial charge in [-0.3, -0.25) is 4.18 Å². The van der Waals surface area contributed by atoms with Crippen molar-refractivity contribution in [3.05, 3.63) is 66.2 Å². The highest BCUT2D eigenvalue weighted by Crippen LogP contribution is 2.26. The third-order valence-electron chi connectivity index (χ3n) is 4.56. The third kappa shape index (κ3) is 9.50. The van der Waals surface area contributed by atoms with Crippen molar-refractivity contribution >= 4 is 26.2 Å². The maximum Gasteiger partial charge on any atom is 0.333 e. The summed E-state index contributed by atoms with van der Waals surface area (Å²) in [5, 5.41) is 9.56. The first-order valence-corrected chi connectivity index (χ1v) is 13.3. The Kier molecular flexibility index (Phi) is 9.41. The molecule has 9 nitrogen and oxygen atoms in total. The Bertz CT molecular complexity index is 1100. The summed E-state index contributed by atoms with van der Waals surface area (Å²) in [6.07, 6.45) is -1.57. The number of para-hydroxylation sites is 1. The summed E-state index contributed by atoms with van der Waals surface area (Å²) < 4.78 is 64.0. The Morgan fingerprint density at radius 2 is 1.45 bits per heavy atom. The summed E-state index contributed by atoms with van der Waals surface area (Å²) in [6.45, 7) is 2.62. The molecule has 33 heavy (non-hydrogen) atoms. The predicted octanol–water partition coefficient (Wildman–Crippen LogP) is 2.83. The van der Waals surface area contributed by atoms with Crippen LogP contribution >= 0.6 is 0 Å². The molecule has 0 spiro atoms. The molecule has 11 heteroatoms. The van der Waals surface area contributed by atoms with Crippen molar-refractivity contribution in [2.75, 3.05) is 18.1 Å². The predicted molar refractivity (Wildman–Crippen MR) is 122 cm³/mol. The van der Waals surface area contributed by atoms with Crippen molar-refractivity contribution in [1.82, 2.24) is 0 Å². The van der Waals surface area contributed by atoms with Crippen LogP contribution < -0.4 is 4.18 Å². The van der Waals surface area contributed by atoms with Gasteiger partial charge in [-0.2, -0.15) is 16.8 Å². The quantitative estimate of drug-likeness (QED) is 0.389. The molecule has 0 aromatic heterocycles. The van der Waals surface area contributed by atoms with Gasteiger partial charge in [0.15, 0.2) is 6.10 Å². The number of benzene rings is 2. The van der Waals surface area contributed by atoms with Gasteiger partial charge in [-0.15, -0.1) is 0 Å². The van der Waals surface area contributed by atoms with E-state index in [9.17, 15) is 26.7 Å². The zero-order valence-corrected chi connectivity index (χ0v) is 20.0. The average molecular weight is 501 g/mol. The second-order valence-corrected chi connectivity index (χ2v) is 11.5. The Labute approximate surface area is 194 Å². The molecule has 0 bridgehead atoms. The molecule has 1 atom stereocenters. The van der Waals surface area contributed by atoms with Crippen LogP contribution in [0.25, 0.3) is 0 Å². The summed E-state index contributed by atoms with van der Waals surface area (Å²) in [7, 11) is -8.08. The van der Waals surface area contributed by atoms with E-state index in [4.69, 9.17) is 13.1 Å². The number of carbonyl (C=O) groups is 1. The standard InChI is InChI=1S/C22H28O9S2/c1-22(2,20(21(23)24)29-16-18-10-5-3-6-11-18)17-30-32(25,26)14-9-15-33(27,28)31-19-12-7-4-8-13-19/h3-8,10-13,20H,9,14-17H2,1-2H3,(H,23,24)/t20-/m0/s1. The summed E-state index contributed by atoms with van der Waals surface area (Å²) in [5.41, 5.74) is -0.414. The van der Waals surface area contributed by atoms with Gasteiger partial charge in [-0.05, 0) is 24.1 Å². The number of ether oxygens (including phenoxy) is 1. The Morgan fingerprint density at radius 1 is 0.909 bits per heavy atom. The van der Waals surface area contributed by atoms with Gasteiger partial charge in [0, 0.05) is 5.41 Å². The highest BCUT2D eigenvalue weighted by molar-refractivity contribution is 7.87. The molecule has 1 N–H and O–H groups in total. The van der Waals surface area contributed by atoms with Crippen LogP contribution in [0.5, 0.6) is 5.75 Å². The van der Waals surface area contributed by atoms with Crippen LogP contribution in [0, 0.1) is 5.41 Å². The minimum Gasteiger partial charge on any atom is -0.479 e. The molecular weight excluding hydrogens is 472 g/mol. The first-order valence-electron chi connectivity index (χ1n) is 10.1. The molecule has 0 unspecified atom stereocenters. The van der Waals surface area contributed by atoms with Crippen molar-refractivity contribution < 1.29 is 39.8 Å². The summed E-state index contributed by atoms with van der Waals surface area (Å²) >= 11 is 0. The van der Waals surface area contributed by atoms with Crippen LogP contribution in [0.3, 0.4) is 0 Å². The Hall–Kier alpha value is -2.47. The highest BCUT2D eigenvalue weighted by Gasteiger charge is 2.38. The van der Waals surface area contributed by atoms with Crippen LogP contribution in [0.1, 0.15) is 25.8 Å². The van der Waals surface area contributed by atoms with Crippen LogP contribution in [0.15, 0.2) is 60.7 Å². The largest absolute Gasteiger partial charge is 0.479 e. The fourth-order valence-electron chi connectivity index (χ4n) is 2.84. The van der Waals surface area contributed by atoms with Gasteiger partial charge >= 0.3 is 16.1 Å². The summed E-state index contributed by atoms with van der Waals surface area (Å²) in [4.78, 5) is 11.7. The molecule has 182 valence electrons. The lowest BCUT2D eigenvalue weighted by atomic mass is 9.87. The zero-order valence-electron chi connectivity index (χ0n) is 18.4. The normalized spacial score (nSPS) is 13.4. The monoisotopic (exact) mass is 500 g/mol. The van der Waals surface area contributed by atoms with E-state index in [0.29, 0.717) is 0 Å². The van der Waals surface area contributed by atoms with E-state index in [1.54, 1.807) is 42.5 Å². The van der Waals surface area contributed by atoms with Crippen LogP contribution in [0.4, 0.5) is 0 Å². The molecule has 0 heterocycles. The average Bonchev–Trinajstić information content (AvgIpc) is 2.73. The van der Waals surface area contributed by atoms with Crippen LogP contribution in [-0.4, -0.2) is 52.1 Å². The molecule has 2 rings (SSSR count). The van der Waals surface area contributed by atoms with Gasteiger partial charge in [0.25, 0.3) is 10.1 Å². The van der Waals surface area contributed by atoms with E-state index in [1.165, 1.54) is 26.0 Å². The van der Waals surface area contributed by atoms with Crippen LogP contribution in [-0.2, 0) is 40.6 Å². The van der Waals surface area contributed by atoms with E-state index in [-0.39, 0.29) is 18.8 Å². The smallest absolute Gasteiger partial charge is 0.333 e. The molecule has 0 saturated carbocycles. The van der Waals surface area contributed by atoms with Gasteiger partial charge < -0.3 is 14.0 Å². The number of aliphatic carboxylic acids is 1. The first-order chi connectivity index (χ1) is 15.4. The fraction of sp³-hybridized carbons (Fsp3) is 0.409. The van der Waals surface area contributed by atoms with E-state index in [2.05, 4.69) is 0 Å². The minimum absolute atomic E-state index is 0.0350. The lowest BCUT2D eigenvalue weighted by Crippen LogP contribution is -2.42. The molecule has 0 radical (unpaired) electrons. The van der Waals surface area contributed by atoms with Crippen molar-refractivity contribution in [3.8, 4) is 5.75 Å². The van der Waals surface area contributed by atoms with E-state index < -0.39 is 55.8 Å². The number of carboxylic acid groups (broad SMARTS) is 1. The molecule has 2 aromatic rings. The topological polar surface area (TPSA) is 133 Å². The summed E-state index contributed by atoms with van der Waals surface area (Å²) in [6, 6.07) is 16.8. The lowest BCUT2D eigenvalue weighted by Gasteiger charge is -2.30. The Balaban J connectivity index is 1.87. The molecule has 2 aromatic carbocycles. The number of carboxylic acids is 1. The molecular formula is C22H28O9S2. The molecule has 0 amide bonds. The molecule has 0 aliphatic carbocycles. The van der Waals surface area contributed by atoms with E-state index >= 15 is 0 Å². The number of hydrogen-bond donors (Lipinski definition) is 1. The lowest BCUT2D eigenvalue weighted by molar-refractivity contribution is -0.162. The van der Waals surface area contributed by atoms with Gasteiger partial charge in [0.05, 0.1) is 24.7 Å². The molecule has 0 aliphatic heterocycles. The second kappa shape index (κ2) is 11.6. The molecule has 0 saturated heterocycles. The van der Waals surface area contributed by atoms with Crippen molar-refractivity contribution in [1.29, 1.82) is 0 Å². The minimum atomic E-state index is -4.10. The third-order valence-corrected chi connectivity index (χ3v) is 7.06. The van der Waals surface area contributed by atoms with Crippen molar-refractivity contribution in [2.24, 2.45) is 5.41 Å². The van der Waals surface area contributed by atoms with Gasteiger partial charge in [0.1, 0.15) is 5.75 Å². The zero-order chi connectivity index (χ0) is 24.5. The maximum atomic E-state index is 12.2. The summed E-state index contributed by atoms with van der Waals surface area (Å²) in [5.74, 6) is -2.20. The number of rotatable bonds is 14. The second-order valence-electron chi connectivity index (χ2n) is 8.04. The SMILES string of the molecule is CC(C)(COS(=O)(=O)CCCS(=O)(=O)Oc1ccccc1)[C@@H](OCc1ccccc1)C(=O)O. The van der Waals surface area contributed by atoms with Crippen molar-refractivity contribution in [3.63, 3.8) is 0 Å². The van der Waals surface area contributed by atoms with Gasteiger partial charge in [-0.25, -0.2) is 4.79 Å². The molecule has 0 fully saturated rings. The molecule has 0 aliphatic rings.